The summed E-state index contributed by atoms with van der Waals surface area (Å²) in [5, 5.41) is 2.88. The van der Waals surface area contributed by atoms with Gasteiger partial charge in [-0.05, 0) is 25.5 Å². The molecule has 0 bridgehead atoms. The van der Waals surface area contributed by atoms with Gasteiger partial charge in [-0.1, -0.05) is 6.07 Å². The number of pyridine rings is 1. The van der Waals surface area contributed by atoms with Crippen molar-refractivity contribution in [3.8, 4) is 0 Å². The lowest BCUT2D eigenvalue weighted by Gasteiger charge is -2.11. The highest BCUT2D eigenvalue weighted by Gasteiger charge is 2.67. The molecule has 1 saturated carbocycles. The third-order valence-electron chi connectivity index (χ3n) is 3.84. The van der Waals surface area contributed by atoms with Crippen molar-refractivity contribution in [1.82, 2.24) is 14.7 Å². The molecule has 0 saturated heterocycles. The third-order valence-corrected chi connectivity index (χ3v) is 4.94. The molecule has 1 atom stereocenters. The largest absolute Gasteiger partial charge is 0.355 e. The number of aromatic nitrogens is 2. The number of halogens is 2. The van der Waals surface area contributed by atoms with Gasteiger partial charge < -0.3 is 9.72 Å². The highest BCUT2D eigenvalue weighted by molar-refractivity contribution is 6.53. The lowest BCUT2D eigenvalue weighted by molar-refractivity contribution is -0.125. The van der Waals surface area contributed by atoms with Gasteiger partial charge in [-0.15, -0.1) is 23.2 Å². The van der Waals surface area contributed by atoms with Crippen LogP contribution in [0.4, 0.5) is 0 Å². The maximum Gasteiger partial charge on any atom is 0.229 e. The minimum absolute atomic E-state index is 0.0914. The Kier molecular flexibility index (Phi) is 3.18. The summed E-state index contributed by atoms with van der Waals surface area (Å²) < 4.78 is 1.04. The highest BCUT2D eigenvalue weighted by atomic mass is 35.5. The Morgan fingerprint density at radius 3 is 2.90 bits per heavy atom. The molecule has 2 aromatic heterocycles. The summed E-state index contributed by atoms with van der Waals surface area (Å²) in [6.45, 7) is 2.31. The van der Waals surface area contributed by atoms with Gasteiger partial charge >= 0.3 is 0 Å². The van der Waals surface area contributed by atoms with E-state index < -0.39 is 9.75 Å². The maximum absolute atomic E-state index is 12.0. The second kappa shape index (κ2) is 4.64. The smallest absolute Gasteiger partial charge is 0.229 e. The molecule has 0 aliphatic heterocycles. The lowest BCUT2D eigenvalue weighted by atomic mass is 10.1. The molecule has 0 spiro atoms. The normalized spacial score (nSPS) is 23.8. The first-order chi connectivity index (χ1) is 9.42. The van der Waals surface area contributed by atoms with Gasteiger partial charge in [0.15, 0.2) is 0 Å². The van der Waals surface area contributed by atoms with Crippen LogP contribution in [0, 0.1) is 5.41 Å². The van der Waals surface area contributed by atoms with E-state index in [1.54, 1.807) is 6.92 Å². The average Bonchev–Trinajstić information content (AvgIpc) is 2.75. The van der Waals surface area contributed by atoms with E-state index in [0.717, 1.165) is 11.3 Å². The number of fused-ring (bicyclic) bond motifs is 1. The van der Waals surface area contributed by atoms with Crippen LogP contribution >= 0.6 is 23.2 Å². The molecule has 1 amide bonds. The van der Waals surface area contributed by atoms with Gasteiger partial charge in [0.2, 0.25) is 5.91 Å². The van der Waals surface area contributed by atoms with E-state index in [-0.39, 0.29) is 5.91 Å². The van der Waals surface area contributed by atoms with Gasteiger partial charge in [0, 0.05) is 25.4 Å². The number of carbonyl (C=O) groups is 1. The molecule has 1 N–H and O–H groups in total. The quantitative estimate of drug-likeness (QED) is 0.882. The summed E-state index contributed by atoms with van der Waals surface area (Å²) in [5.74, 6) is -0.0914. The Bertz CT molecular complexity index is 634. The van der Waals surface area contributed by atoms with Crippen molar-refractivity contribution in [1.29, 1.82) is 0 Å². The zero-order valence-corrected chi connectivity index (χ0v) is 12.6. The first-order valence-corrected chi connectivity index (χ1v) is 7.27. The number of nitrogens with one attached hydrogen (secondary N) is 1. The number of rotatable bonds is 4. The van der Waals surface area contributed by atoms with Crippen molar-refractivity contribution in [2.45, 2.75) is 24.1 Å². The van der Waals surface area contributed by atoms with Crippen LogP contribution in [0.5, 0.6) is 0 Å². The van der Waals surface area contributed by atoms with Gasteiger partial charge in [-0.2, -0.15) is 0 Å². The second-order valence-electron chi connectivity index (χ2n) is 5.42. The summed E-state index contributed by atoms with van der Waals surface area (Å²) in [7, 11) is 0. The summed E-state index contributed by atoms with van der Waals surface area (Å²) in [4.78, 5) is 16.5. The van der Waals surface area contributed by atoms with E-state index >= 15 is 0 Å². The molecule has 2 heterocycles. The van der Waals surface area contributed by atoms with Crippen LogP contribution in [0.1, 0.15) is 19.0 Å². The van der Waals surface area contributed by atoms with E-state index in [0.29, 0.717) is 19.4 Å². The first-order valence-electron chi connectivity index (χ1n) is 6.51. The zero-order chi connectivity index (χ0) is 14.4. The highest BCUT2D eigenvalue weighted by Crippen LogP contribution is 2.63. The fourth-order valence-electron chi connectivity index (χ4n) is 2.25. The van der Waals surface area contributed by atoms with Crippen LogP contribution < -0.4 is 5.32 Å². The van der Waals surface area contributed by atoms with Crippen molar-refractivity contribution < 1.29 is 4.79 Å². The summed E-state index contributed by atoms with van der Waals surface area (Å²) in [6, 6.07) is 5.85. The second-order valence-corrected chi connectivity index (χ2v) is 6.90. The molecule has 1 aliphatic carbocycles. The number of nitrogens with zero attached hydrogens (tertiary/aromatic N) is 2. The maximum atomic E-state index is 12.0. The van der Waals surface area contributed by atoms with Gasteiger partial charge in [-0.25, -0.2) is 4.98 Å². The van der Waals surface area contributed by atoms with Gasteiger partial charge in [-0.3, -0.25) is 4.79 Å². The Hall–Kier alpha value is -1.26. The van der Waals surface area contributed by atoms with Crippen LogP contribution in [0.15, 0.2) is 30.6 Å². The molecule has 1 fully saturated rings. The molecule has 3 rings (SSSR count). The molecular weight excluding hydrogens is 297 g/mol. The first kappa shape index (κ1) is 13.7. The molecule has 4 nitrogen and oxygen atoms in total. The summed E-state index contributed by atoms with van der Waals surface area (Å²) in [6.07, 6.45) is 5.10. The number of imidazole rings is 1. The van der Waals surface area contributed by atoms with Crippen LogP contribution in [0.3, 0.4) is 0 Å². The molecule has 0 radical (unpaired) electrons. The Morgan fingerprint density at radius 1 is 1.50 bits per heavy atom. The van der Waals surface area contributed by atoms with E-state index in [2.05, 4.69) is 10.3 Å². The van der Waals surface area contributed by atoms with E-state index in [1.807, 2.05) is 35.0 Å². The van der Waals surface area contributed by atoms with Crippen molar-refractivity contribution in [2.24, 2.45) is 5.41 Å². The Morgan fingerprint density at radius 2 is 2.25 bits per heavy atom. The molecule has 6 heteroatoms. The Labute approximate surface area is 127 Å². The van der Waals surface area contributed by atoms with Crippen LogP contribution in [-0.2, 0) is 11.2 Å². The van der Waals surface area contributed by atoms with Crippen molar-refractivity contribution >= 4 is 34.8 Å². The van der Waals surface area contributed by atoms with Crippen LogP contribution in [0.2, 0.25) is 0 Å². The lowest BCUT2D eigenvalue weighted by Crippen LogP contribution is -2.34. The molecule has 1 aliphatic rings. The average molecular weight is 312 g/mol. The van der Waals surface area contributed by atoms with E-state index in [4.69, 9.17) is 23.2 Å². The van der Waals surface area contributed by atoms with Crippen LogP contribution in [0.25, 0.3) is 5.65 Å². The fraction of sp³-hybridized carbons (Fsp3) is 0.429. The van der Waals surface area contributed by atoms with E-state index in [9.17, 15) is 4.79 Å². The van der Waals surface area contributed by atoms with Crippen molar-refractivity contribution in [2.75, 3.05) is 6.54 Å². The number of hydrogen-bond acceptors (Lipinski definition) is 2. The molecule has 20 heavy (non-hydrogen) atoms. The molecule has 1 unspecified atom stereocenters. The number of carbonyl (C=O) groups excluding carboxylic acids is 1. The fourth-order valence-corrected chi connectivity index (χ4v) is 2.96. The predicted molar refractivity (Wildman–Crippen MR) is 79.1 cm³/mol. The van der Waals surface area contributed by atoms with Crippen molar-refractivity contribution in [3.63, 3.8) is 0 Å². The number of hydrogen-bond donors (Lipinski definition) is 1. The molecule has 106 valence electrons. The summed E-state index contributed by atoms with van der Waals surface area (Å²) in [5.41, 5.74) is 1.19. The third kappa shape index (κ3) is 2.27. The minimum atomic E-state index is -0.916. The summed E-state index contributed by atoms with van der Waals surface area (Å²) >= 11 is 12.0. The minimum Gasteiger partial charge on any atom is -0.355 e. The molecule has 0 aromatic carbocycles. The van der Waals surface area contributed by atoms with Gasteiger partial charge in [0.05, 0.1) is 11.1 Å². The van der Waals surface area contributed by atoms with Crippen molar-refractivity contribution in [3.05, 3.63) is 36.3 Å². The SMILES string of the molecule is CC1(C(=O)NCCc2cn3ccccc3n2)CC1(Cl)Cl. The monoisotopic (exact) mass is 311 g/mol. The standard InChI is InChI=1S/C14H15Cl2N3O/c1-13(9-14(13,15)16)12(20)17-6-5-10-8-19-7-3-2-4-11(19)18-10/h2-4,7-8H,5-6,9H2,1H3,(H,17,20). The topological polar surface area (TPSA) is 46.4 Å². The predicted octanol–water partition coefficient (Wildman–Crippen LogP) is 2.58. The number of amides is 1. The Balaban J connectivity index is 1.57. The van der Waals surface area contributed by atoms with Gasteiger partial charge in [0.1, 0.15) is 9.98 Å². The number of alkyl halides is 2. The molecular formula is C14H15Cl2N3O. The molecule has 2 aromatic rings. The van der Waals surface area contributed by atoms with E-state index in [1.165, 1.54) is 0 Å². The zero-order valence-electron chi connectivity index (χ0n) is 11.1. The van der Waals surface area contributed by atoms with Crippen LogP contribution in [-0.4, -0.2) is 26.2 Å². The van der Waals surface area contributed by atoms with Gasteiger partial charge in [0.25, 0.3) is 0 Å².